The molecule has 1 fully saturated rings. The average molecular weight is 425 g/mol. The highest BCUT2D eigenvalue weighted by atomic mass is 35.5. The van der Waals surface area contributed by atoms with Gasteiger partial charge in [-0.3, -0.25) is 9.69 Å². The average Bonchev–Trinajstić information content (AvgIpc) is 3.38. The van der Waals surface area contributed by atoms with Gasteiger partial charge in [-0.2, -0.15) is 0 Å². The van der Waals surface area contributed by atoms with Crippen molar-refractivity contribution >= 4 is 67.3 Å². The normalized spacial score (nSPS) is 17.1. The second-order valence-electron chi connectivity index (χ2n) is 5.98. The van der Waals surface area contributed by atoms with Crippen LogP contribution >= 0.6 is 46.0 Å². The highest BCUT2D eigenvalue weighted by Gasteiger charge is 2.27. The summed E-state index contributed by atoms with van der Waals surface area (Å²) in [7, 11) is 0. The molecule has 1 aliphatic rings. The maximum absolute atomic E-state index is 13.1. The van der Waals surface area contributed by atoms with Gasteiger partial charge in [0.25, 0.3) is 5.91 Å². The Kier molecular flexibility index (Phi) is 5.52. The van der Waals surface area contributed by atoms with Crippen LogP contribution in [0.4, 0.5) is 5.13 Å². The lowest BCUT2D eigenvalue weighted by molar-refractivity contribution is 0.0920. The van der Waals surface area contributed by atoms with E-state index in [9.17, 15) is 4.79 Å². The lowest BCUT2D eigenvalue weighted by atomic mass is 10.2. The fourth-order valence-corrected chi connectivity index (χ4v) is 5.46. The van der Waals surface area contributed by atoms with Crippen LogP contribution in [0, 0.1) is 0 Å². The van der Waals surface area contributed by atoms with Crippen LogP contribution in [0.25, 0.3) is 10.2 Å². The lowest BCUT2D eigenvalue weighted by Crippen LogP contribution is -2.37. The smallest absolute Gasteiger partial charge is 0.270 e. The quantitative estimate of drug-likeness (QED) is 0.503. The highest BCUT2D eigenvalue weighted by molar-refractivity contribution is 7.98. The molecule has 8 heteroatoms. The Morgan fingerprint density at radius 3 is 2.96 bits per heavy atom. The number of nitrogens with zero attached hydrogens (tertiary/aromatic N) is 2. The minimum atomic E-state index is -0.0680. The van der Waals surface area contributed by atoms with E-state index in [0.717, 1.165) is 29.7 Å². The molecule has 0 unspecified atom stereocenters. The number of fused-ring (bicyclic) bond motifs is 1. The number of aromatic nitrogens is 1. The molecule has 3 aromatic rings. The van der Waals surface area contributed by atoms with Crippen molar-refractivity contribution < 1.29 is 9.53 Å². The molecule has 1 saturated heterocycles. The lowest BCUT2D eigenvalue weighted by Gasteiger charge is -2.22. The molecule has 0 N–H and O–H groups in total. The number of hydrogen-bond acceptors (Lipinski definition) is 6. The number of carbonyl (C=O) groups excluding carboxylic acids is 1. The third-order valence-corrected chi connectivity index (χ3v) is 7.24. The zero-order valence-corrected chi connectivity index (χ0v) is 17.3. The highest BCUT2D eigenvalue weighted by Crippen LogP contribution is 2.34. The van der Waals surface area contributed by atoms with Crippen molar-refractivity contribution in [3.63, 3.8) is 0 Å². The molecule has 1 aromatic carbocycles. The summed E-state index contributed by atoms with van der Waals surface area (Å²) < 4.78 is 7.46. The topological polar surface area (TPSA) is 42.4 Å². The van der Waals surface area contributed by atoms with Crippen molar-refractivity contribution in [2.24, 2.45) is 0 Å². The van der Waals surface area contributed by atoms with Gasteiger partial charge in [0, 0.05) is 11.5 Å². The largest absolute Gasteiger partial charge is 0.376 e. The predicted molar refractivity (Wildman–Crippen MR) is 111 cm³/mol. The Morgan fingerprint density at radius 1 is 1.38 bits per heavy atom. The van der Waals surface area contributed by atoms with Gasteiger partial charge in [0.1, 0.15) is 0 Å². The maximum atomic E-state index is 13.1. The molecule has 0 bridgehead atoms. The molecular formula is C18H17ClN2O2S3. The zero-order valence-electron chi connectivity index (χ0n) is 14.1. The summed E-state index contributed by atoms with van der Waals surface area (Å²) in [6.45, 7) is 1.28. The first kappa shape index (κ1) is 18.3. The number of rotatable bonds is 5. The number of benzene rings is 1. The molecule has 0 saturated carbocycles. The molecule has 2 aromatic heterocycles. The van der Waals surface area contributed by atoms with Gasteiger partial charge in [0.05, 0.1) is 32.1 Å². The Hall–Kier alpha value is -1.12. The van der Waals surface area contributed by atoms with Crippen LogP contribution in [-0.2, 0) is 4.74 Å². The standard InChI is InChI=1S/C18H17ClN2O2S3/c1-24-12-4-5-13-15(9-12)26-18(20-13)21(10-11-3-2-8-23-11)17(22)14-6-7-16(19)25-14/h4-7,9,11H,2-3,8,10H2,1H3/t11-/m0/s1. The van der Waals surface area contributed by atoms with E-state index in [2.05, 4.69) is 18.4 Å². The van der Waals surface area contributed by atoms with Crippen LogP contribution in [0.1, 0.15) is 22.5 Å². The molecule has 4 rings (SSSR count). The van der Waals surface area contributed by atoms with Gasteiger partial charge in [0.15, 0.2) is 5.13 Å². The van der Waals surface area contributed by atoms with Gasteiger partial charge in [0.2, 0.25) is 0 Å². The summed E-state index contributed by atoms with van der Waals surface area (Å²) in [5, 5.41) is 0.711. The molecule has 3 heterocycles. The molecule has 1 aliphatic heterocycles. The van der Waals surface area contributed by atoms with Crippen LogP contribution < -0.4 is 4.90 Å². The maximum Gasteiger partial charge on any atom is 0.270 e. The van der Waals surface area contributed by atoms with E-state index in [1.54, 1.807) is 40.1 Å². The molecule has 0 radical (unpaired) electrons. The number of ether oxygens (including phenoxy) is 1. The minimum Gasteiger partial charge on any atom is -0.376 e. The number of amides is 1. The summed E-state index contributed by atoms with van der Waals surface area (Å²) in [5.74, 6) is -0.0680. The molecule has 136 valence electrons. The molecule has 1 amide bonds. The monoisotopic (exact) mass is 424 g/mol. The summed E-state index contributed by atoms with van der Waals surface area (Å²) in [5.41, 5.74) is 0.914. The fraction of sp³-hybridized carbons (Fsp3) is 0.333. The zero-order chi connectivity index (χ0) is 18.1. The third kappa shape index (κ3) is 3.77. The number of halogens is 1. The van der Waals surface area contributed by atoms with E-state index in [0.29, 0.717) is 20.9 Å². The number of hydrogen-bond donors (Lipinski definition) is 0. The number of thiophene rings is 1. The molecule has 4 nitrogen and oxygen atoms in total. The van der Waals surface area contributed by atoms with Crippen molar-refractivity contribution in [2.45, 2.75) is 23.8 Å². The van der Waals surface area contributed by atoms with Gasteiger partial charge in [-0.1, -0.05) is 22.9 Å². The van der Waals surface area contributed by atoms with Gasteiger partial charge < -0.3 is 4.74 Å². The van der Waals surface area contributed by atoms with Gasteiger partial charge in [-0.05, 0) is 49.4 Å². The molecule has 0 aliphatic carbocycles. The summed E-state index contributed by atoms with van der Waals surface area (Å²) in [6, 6.07) is 9.72. The van der Waals surface area contributed by atoms with E-state index in [1.165, 1.54) is 16.2 Å². The number of anilines is 1. The van der Waals surface area contributed by atoms with Crippen molar-refractivity contribution in [3.8, 4) is 0 Å². The second-order valence-corrected chi connectivity index (χ2v) is 9.59. The first-order valence-corrected chi connectivity index (χ1v) is 11.5. The fourth-order valence-electron chi connectivity index (χ4n) is 2.94. The first-order valence-electron chi connectivity index (χ1n) is 8.27. The van der Waals surface area contributed by atoms with Gasteiger partial charge >= 0.3 is 0 Å². The van der Waals surface area contributed by atoms with Crippen LogP contribution in [0.3, 0.4) is 0 Å². The Labute approximate surface area is 169 Å². The van der Waals surface area contributed by atoms with E-state index >= 15 is 0 Å². The van der Waals surface area contributed by atoms with E-state index < -0.39 is 0 Å². The van der Waals surface area contributed by atoms with Crippen molar-refractivity contribution in [1.29, 1.82) is 0 Å². The summed E-state index contributed by atoms with van der Waals surface area (Å²) in [6.07, 6.45) is 4.12. The van der Waals surface area contributed by atoms with Crippen LogP contribution in [0.15, 0.2) is 35.2 Å². The molecule has 26 heavy (non-hydrogen) atoms. The van der Waals surface area contributed by atoms with Gasteiger partial charge in [-0.25, -0.2) is 4.98 Å². The van der Waals surface area contributed by atoms with E-state index in [1.807, 2.05) is 6.07 Å². The third-order valence-electron chi connectivity index (χ3n) is 4.25. The van der Waals surface area contributed by atoms with E-state index in [-0.39, 0.29) is 12.0 Å². The van der Waals surface area contributed by atoms with E-state index in [4.69, 9.17) is 21.3 Å². The Balaban J connectivity index is 1.70. The Bertz CT molecular complexity index is 934. The van der Waals surface area contributed by atoms with Crippen molar-refractivity contribution in [3.05, 3.63) is 39.5 Å². The molecular weight excluding hydrogens is 408 g/mol. The molecule has 1 atom stereocenters. The number of thiazole rings is 1. The number of thioether (sulfide) groups is 1. The van der Waals surface area contributed by atoms with Gasteiger partial charge in [-0.15, -0.1) is 23.1 Å². The SMILES string of the molecule is CSc1ccc2nc(N(C[C@@H]3CCCO3)C(=O)c3ccc(Cl)s3)sc2c1. The Morgan fingerprint density at radius 2 is 2.27 bits per heavy atom. The predicted octanol–water partition coefficient (Wildman–Crippen LogP) is 5.56. The second kappa shape index (κ2) is 7.86. The van der Waals surface area contributed by atoms with Crippen LogP contribution in [0.2, 0.25) is 4.34 Å². The van der Waals surface area contributed by atoms with Crippen LogP contribution in [0.5, 0.6) is 0 Å². The minimum absolute atomic E-state index is 0.0585. The van der Waals surface area contributed by atoms with Crippen molar-refractivity contribution in [2.75, 3.05) is 24.3 Å². The van der Waals surface area contributed by atoms with Crippen molar-refractivity contribution in [1.82, 2.24) is 4.98 Å². The summed E-state index contributed by atoms with van der Waals surface area (Å²) in [4.78, 5) is 21.4. The number of carbonyl (C=O) groups is 1. The molecule has 0 spiro atoms. The van der Waals surface area contributed by atoms with Crippen LogP contribution in [-0.4, -0.2) is 36.4 Å². The summed E-state index contributed by atoms with van der Waals surface area (Å²) >= 11 is 10.6. The first-order chi connectivity index (χ1) is 12.6.